The maximum atomic E-state index is 12.5. The van der Waals surface area contributed by atoms with Gasteiger partial charge in [-0.3, -0.25) is 18.7 Å². The highest BCUT2D eigenvalue weighted by atomic mass is 32.1. The monoisotopic (exact) mass is 454 g/mol. The van der Waals surface area contributed by atoms with E-state index in [0.717, 1.165) is 25.1 Å². The number of nitrogens with one attached hydrogen (secondary N) is 1. The van der Waals surface area contributed by atoms with Crippen LogP contribution in [0.5, 0.6) is 22.6 Å². The largest absolute Gasteiger partial charge is 0.497 e. The van der Waals surface area contributed by atoms with E-state index in [-0.39, 0.29) is 0 Å². The van der Waals surface area contributed by atoms with Crippen LogP contribution in [0.4, 0.5) is 5.69 Å². The Bertz CT molecular complexity index is 1450. The van der Waals surface area contributed by atoms with E-state index < -0.39 is 28.6 Å². The fraction of sp³-hybridized carbons (Fsp3) is 0.143. The molecule has 1 amide bonds. The number of anilines is 1. The number of carbonyl (C=O) groups excluding carboxylic acids is 1. The van der Waals surface area contributed by atoms with Crippen molar-refractivity contribution in [3.63, 3.8) is 0 Å². The minimum atomic E-state index is -0.893. The Morgan fingerprint density at radius 1 is 1.06 bits per heavy atom. The van der Waals surface area contributed by atoms with Crippen molar-refractivity contribution in [2.45, 2.75) is 0 Å². The van der Waals surface area contributed by atoms with Gasteiger partial charge in [-0.05, 0) is 42.5 Å². The molecule has 4 rings (SSSR count). The molecular formula is C21H18N4O6S. The van der Waals surface area contributed by atoms with Crippen LogP contribution in [0.1, 0.15) is 10.4 Å². The van der Waals surface area contributed by atoms with Crippen LogP contribution in [0.3, 0.4) is 0 Å². The average molecular weight is 454 g/mol. The molecule has 11 heteroatoms. The third-order valence-electron chi connectivity index (χ3n) is 4.75. The fourth-order valence-corrected chi connectivity index (χ4v) is 3.85. The molecule has 0 aliphatic rings. The Morgan fingerprint density at radius 3 is 2.44 bits per heavy atom. The van der Waals surface area contributed by atoms with Crippen molar-refractivity contribution >= 4 is 33.1 Å². The first kappa shape index (κ1) is 21.1. The van der Waals surface area contributed by atoms with Gasteiger partial charge in [-0.1, -0.05) is 11.3 Å². The quantitative estimate of drug-likeness (QED) is 0.475. The summed E-state index contributed by atoms with van der Waals surface area (Å²) < 4.78 is 13.5. The summed E-state index contributed by atoms with van der Waals surface area (Å²) in [5.41, 5.74) is -1.01. The van der Waals surface area contributed by atoms with E-state index in [4.69, 9.17) is 9.47 Å². The lowest BCUT2D eigenvalue weighted by Crippen LogP contribution is -2.40. The molecule has 0 saturated heterocycles. The normalized spacial score (nSPS) is 10.8. The summed E-state index contributed by atoms with van der Waals surface area (Å²) in [6.07, 6.45) is 0. The minimum Gasteiger partial charge on any atom is -0.497 e. The van der Waals surface area contributed by atoms with Crippen molar-refractivity contribution in [2.75, 3.05) is 12.4 Å². The van der Waals surface area contributed by atoms with Crippen LogP contribution in [-0.4, -0.2) is 32.2 Å². The van der Waals surface area contributed by atoms with Crippen molar-refractivity contribution in [2.24, 2.45) is 14.1 Å². The molecular weight excluding hydrogens is 436 g/mol. The number of carbonyl (C=O) groups is 1. The maximum Gasteiger partial charge on any atom is 0.333 e. The summed E-state index contributed by atoms with van der Waals surface area (Å²) in [5.74, 6) is -0.322. The molecule has 2 N–H and O–H groups in total. The van der Waals surface area contributed by atoms with E-state index in [1.807, 2.05) is 18.2 Å². The van der Waals surface area contributed by atoms with E-state index in [2.05, 4.69) is 10.3 Å². The van der Waals surface area contributed by atoms with Gasteiger partial charge in [0, 0.05) is 19.8 Å². The standard InChI is InChI=1S/C21H18N4O6S/c1-24-18(27)16(19(28)25(2)21(24)29)17(26)22-11-4-6-12(7-5-11)31-20-23-14-9-8-13(30-3)10-15(14)32-20/h4-10,27H,1-3H3,(H,22,26). The molecule has 0 atom stereocenters. The SMILES string of the molecule is COc1ccc2nc(Oc3ccc(NC(=O)c4c(O)n(C)c(=O)n(C)c4=O)cc3)sc2c1. The molecule has 2 heterocycles. The van der Waals surface area contributed by atoms with Gasteiger partial charge in [-0.2, -0.15) is 0 Å². The Balaban J connectivity index is 1.52. The van der Waals surface area contributed by atoms with E-state index in [1.165, 1.54) is 25.4 Å². The van der Waals surface area contributed by atoms with Gasteiger partial charge >= 0.3 is 5.69 Å². The number of ether oxygens (including phenoxy) is 2. The number of methoxy groups -OCH3 is 1. The molecule has 0 spiro atoms. The van der Waals surface area contributed by atoms with Crippen LogP contribution in [0.2, 0.25) is 0 Å². The summed E-state index contributed by atoms with van der Waals surface area (Å²) in [6.45, 7) is 0. The van der Waals surface area contributed by atoms with Gasteiger partial charge < -0.3 is 19.9 Å². The lowest BCUT2D eigenvalue weighted by atomic mass is 10.2. The number of rotatable bonds is 5. The van der Waals surface area contributed by atoms with Crippen LogP contribution in [-0.2, 0) is 14.1 Å². The van der Waals surface area contributed by atoms with Crippen LogP contribution < -0.4 is 26.0 Å². The van der Waals surface area contributed by atoms with Gasteiger partial charge in [-0.25, -0.2) is 9.78 Å². The number of fused-ring (bicyclic) bond motifs is 1. The zero-order chi connectivity index (χ0) is 23.0. The molecule has 0 saturated carbocycles. The number of benzene rings is 2. The molecule has 0 bridgehead atoms. The second kappa shape index (κ2) is 8.19. The number of aromatic hydroxyl groups is 1. The predicted molar refractivity (Wildman–Crippen MR) is 119 cm³/mol. The van der Waals surface area contributed by atoms with Gasteiger partial charge in [0.1, 0.15) is 11.5 Å². The first-order valence-electron chi connectivity index (χ1n) is 9.31. The van der Waals surface area contributed by atoms with Gasteiger partial charge in [0.15, 0.2) is 5.56 Å². The number of aromatic nitrogens is 3. The molecule has 0 radical (unpaired) electrons. The van der Waals surface area contributed by atoms with Crippen LogP contribution in [0.25, 0.3) is 10.2 Å². The first-order chi connectivity index (χ1) is 15.3. The van der Waals surface area contributed by atoms with E-state index in [9.17, 15) is 19.5 Å². The fourth-order valence-electron chi connectivity index (χ4n) is 2.99. The van der Waals surface area contributed by atoms with Crippen molar-refractivity contribution in [3.05, 3.63) is 68.9 Å². The Hall–Kier alpha value is -4.12. The average Bonchev–Trinajstić information content (AvgIpc) is 3.19. The molecule has 2 aromatic heterocycles. The van der Waals surface area contributed by atoms with E-state index in [0.29, 0.717) is 16.6 Å². The number of hydrogen-bond donors (Lipinski definition) is 2. The van der Waals surface area contributed by atoms with Crippen molar-refractivity contribution in [3.8, 4) is 22.6 Å². The van der Waals surface area contributed by atoms with Gasteiger partial charge in [0.2, 0.25) is 5.88 Å². The highest BCUT2D eigenvalue weighted by molar-refractivity contribution is 7.20. The number of nitrogens with zero attached hydrogens (tertiary/aromatic N) is 3. The third-order valence-corrected chi connectivity index (χ3v) is 5.65. The first-order valence-corrected chi connectivity index (χ1v) is 10.1. The summed E-state index contributed by atoms with van der Waals surface area (Å²) in [6, 6.07) is 11.9. The smallest absolute Gasteiger partial charge is 0.333 e. The van der Waals surface area contributed by atoms with Crippen LogP contribution in [0, 0.1) is 0 Å². The summed E-state index contributed by atoms with van der Waals surface area (Å²) in [5, 5.41) is 13.1. The highest BCUT2D eigenvalue weighted by Crippen LogP contribution is 2.33. The zero-order valence-electron chi connectivity index (χ0n) is 17.3. The predicted octanol–water partition coefficient (Wildman–Crippen LogP) is 2.45. The Labute approximate surface area is 184 Å². The minimum absolute atomic E-state index is 0.367. The number of amides is 1. The van der Waals surface area contributed by atoms with E-state index >= 15 is 0 Å². The Kier molecular flexibility index (Phi) is 5.41. The van der Waals surface area contributed by atoms with Crippen molar-refractivity contribution in [1.82, 2.24) is 14.1 Å². The molecule has 2 aromatic carbocycles. The number of hydrogen-bond acceptors (Lipinski definition) is 8. The summed E-state index contributed by atoms with van der Waals surface area (Å²) >= 11 is 1.37. The van der Waals surface area contributed by atoms with Gasteiger partial charge in [0.25, 0.3) is 16.7 Å². The molecule has 0 unspecified atom stereocenters. The maximum absolute atomic E-state index is 12.5. The number of thiazole rings is 1. The third kappa shape index (κ3) is 3.81. The highest BCUT2D eigenvalue weighted by Gasteiger charge is 2.21. The molecule has 10 nitrogen and oxygen atoms in total. The molecule has 0 aliphatic heterocycles. The lowest BCUT2D eigenvalue weighted by molar-refractivity contribution is 0.102. The lowest BCUT2D eigenvalue weighted by Gasteiger charge is -2.11. The molecule has 32 heavy (non-hydrogen) atoms. The molecule has 4 aromatic rings. The van der Waals surface area contributed by atoms with Gasteiger partial charge in [0.05, 0.1) is 17.3 Å². The van der Waals surface area contributed by atoms with Crippen LogP contribution in [0.15, 0.2) is 52.1 Å². The van der Waals surface area contributed by atoms with Crippen molar-refractivity contribution < 1.29 is 19.4 Å². The Morgan fingerprint density at radius 2 is 1.75 bits per heavy atom. The van der Waals surface area contributed by atoms with E-state index in [1.54, 1.807) is 31.4 Å². The second-order valence-electron chi connectivity index (χ2n) is 6.80. The van der Waals surface area contributed by atoms with Crippen LogP contribution >= 0.6 is 11.3 Å². The summed E-state index contributed by atoms with van der Waals surface area (Å²) in [4.78, 5) is 41.1. The van der Waals surface area contributed by atoms with Crippen molar-refractivity contribution in [1.29, 1.82) is 0 Å². The molecule has 0 fully saturated rings. The zero-order valence-corrected chi connectivity index (χ0v) is 18.1. The summed E-state index contributed by atoms with van der Waals surface area (Å²) in [7, 11) is 4.08. The van der Waals surface area contributed by atoms with Gasteiger partial charge in [-0.15, -0.1) is 0 Å². The molecule has 164 valence electrons. The second-order valence-corrected chi connectivity index (χ2v) is 7.79. The molecule has 0 aliphatic carbocycles. The topological polar surface area (TPSA) is 125 Å².